The number of ether oxygens (including phenoxy) is 2. The Morgan fingerprint density at radius 3 is 2.33 bits per heavy atom. The zero-order valence-corrected chi connectivity index (χ0v) is 19.4. The number of hydrazone groups is 1. The van der Waals surface area contributed by atoms with E-state index in [1.54, 1.807) is 24.3 Å². The lowest BCUT2D eigenvalue weighted by Gasteiger charge is -2.15. The number of carbonyl (C=O) groups excluding carboxylic acids is 2. The lowest BCUT2D eigenvalue weighted by atomic mass is 9.85. The van der Waals surface area contributed by atoms with E-state index in [2.05, 4.69) is 17.3 Å². The first kappa shape index (κ1) is 22.0. The molecule has 0 aromatic heterocycles. The van der Waals surface area contributed by atoms with Crippen LogP contribution in [0.2, 0.25) is 10.0 Å². The van der Waals surface area contributed by atoms with E-state index in [0.29, 0.717) is 40.3 Å². The van der Waals surface area contributed by atoms with Crippen molar-refractivity contribution in [3.05, 3.63) is 69.7 Å². The predicted molar refractivity (Wildman–Crippen MR) is 126 cm³/mol. The molecule has 1 aliphatic heterocycles. The average molecular weight is 485 g/mol. The van der Waals surface area contributed by atoms with E-state index in [-0.39, 0.29) is 35.5 Å². The van der Waals surface area contributed by atoms with Crippen LogP contribution in [0.3, 0.4) is 0 Å². The summed E-state index contributed by atoms with van der Waals surface area (Å²) in [6.45, 7) is 2.57. The Morgan fingerprint density at radius 2 is 1.70 bits per heavy atom. The molecule has 5 rings (SSSR count). The van der Waals surface area contributed by atoms with E-state index in [0.717, 1.165) is 17.0 Å². The second kappa shape index (κ2) is 8.84. The van der Waals surface area contributed by atoms with Crippen molar-refractivity contribution in [3.63, 3.8) is 0 Å². The van der Waals surface area contributed by atoms with Crippen LogP contribution in [0.4, 0.5) is 0 Å². The molecule has 2 aliphatic carbocycles. The molecule has 0 unspecified atom stereocenters. The van der Waals surface area contributed by atoms with E-state index in [9.17, 15) is 9.59 Å². The molecule has 0 spiro atoms. The molecule has 2 aromatic rings. The molecule has 4 atom stereocenters. The molecule has 2 bridgehead atoms. The highest BCUT2D eigenvalue weighted by Gasteiger charge is 2.59. The van der Waals surface area contributed by atoms with Gasteiger partial charge in [-0.25, -0.2) is 0 Å². The smallest absolute Gasteiger partial charge is 0.254 e. The quantitative estimate of drug-likeness (QED) is 0.311. The molecule has 33 heavy (non-hydrogen) atoms. The van der Waals surface area contributed by atoms with Crippen molar-refractivity contribution in [1.82, 2.24) is 5.01 Å². The normalized spacial score (nSPS) is 25.4. The van der Waals surface area contributed by atoms with Gasteiger partial charge in [-0.05, 0) is 60.6 Å². The van der Waals surface area contributed by atoms with E-state index >= 15 is 0 Å². The van der Waals surface area contributed by atoms with Crippen molar-refractivity contribution in [2.75, 3.05) is 6.61 Å². The maximum absolute atomic E-state index is 12.8. The SMILES string of the molecule is CCOc1cc(C=NN2C(=O)[C@@H]3[C@H](C2=O)[C@H]2C=C[C@H]3C2)cc(Cl)c1OCc1ccc(Cl)cc1. The maximum Gasteiger partial charge on any atom is 0.254 e. The number of nitrogens with zero attached hydrogens (tertiary/aromatic N) is 2. The number of carbonyl (C=O) groups is 2. The monoisotopic (exact) mass is 484 g/mol. The summed E-state index contributed by atoms with van der Waals surface area (Å²) >= 11 is 12.4. The van der Waals surface area contributed by atoms with Crippen molar-refractivity contribution >= 4 is 41.2 Å². The highest BCUT2D eigenvalue weighted by molar-refractivity contribution is 6.32. The Hall–Kier alpha value is -2.83. The number of imide groups is 1. The van der Waals surface area contributed by atoms with E-state index < -0.39 is 0 Å². The van der Waals surface area contributed by atoms with Crippen molar-refractivity contribution in [2.45, 2.75) is 20.0 Å². The van der Waals surface area contributed by atoms with Crippen LogP contribution in [-0.4, -0.2) is 29.6 Å². The van der Waals surface area contributed by atoms with Crippen LogP contribution in [0, 0.1) is 23.7 Å². The fourth-order valence-electron chi connectivity index (χ4n) is 4.93. The van der Waals surface area contributed by atoms with Gasteiger partial charge < -0.3 is 9.47 Å². The number of hydrogen-bond donors (Lipinski definition) is 0. The largest absolute Gasteiger partial charge is 0.490 e. The summed E-state index contributed by atoms with van der Waals surface area (Å²) in [5, 5.41) is 6.23. The lowest BCUT2D eigenvalue weighted by Crippen LogP contribution is -2.28. The van der Waals surface area contributed by atoms with Gasteiger partial charge in [-0.2, -0.15) is 10.1 Å². The molecule has 0 N–H and O–H groups in total. The molecule has 1 saturated carbocycles. The highest BCUT2D eigenvalue weighted by atomic mass is 35.5. The van der Waals surface area contributed by atoms with Gasteiger partial charge in [-0.3, -0.25) is 9.59 Å². The Bertz CT molecular complexity index is 1130. The molecule has 3 aliphatic rings. The van der Waals surface area contributed by atoms with Crippen LogP contribution in [0.25, 0.3) is 0 Å². The Kier molecular flexibility index (Phi) is 5.89. The number of amides is 2. The molecule has 2 amide bonds. The zero-order chi connectivity index (χ0) is 23.1. The standard InChI is InChI=1S/C25H22Cl2N2O4/c1-2-32-20-10-15(9-19(27)23(20)33-13-14-3-7-18(26)8-4-14)12-28-29-24(30)21-16-5-6-17(11-16)22(21)25(29)31/h3-10,12,16-17,21-22H,2,11,13H2,1H3/t16-,17-,21-,22+/m0/s1. The van der Waals surface area contributed by atoms with Gasteiger partial charge in [0.1, 0.15) is 6.61 Å². The van der Waals surface area contributed by atoms with Crippen LogP contribution < -0.4 is 9.47 Å². The molecule has 1 saturated heterocycles. The van der Waals surface area contributed by atoms with Gasteiger partial charge >= 0.3 is 0 Å². The van der Waals surface area contributed by atoms with Crippen molar-refractivity contribution in [2.24, 2.45) is 28.8 Å². The van der Waals surface area contributed by atoms with E-state index in [4.69, 9.17) is 32.7 Å². The average Bonchev–Trinajstić information content (AvgIpc) is 3.47. The molecular weight excluding hydrogens is 463 g/mol. The summed E-state index contributed by atoms with van der Waals surface area (Å²) in [5.74, 6) is 0.149. The summed E-state index contributed by atoms with van der Waals surface area (Å²) in [6, 6.07) is 10.7. The van der Waals surface area contributed by atoms with Crippen molar-refractivity contribution < 1.29 is 19.1 Å². The van der Waals surface area contributed by atoms with Gasteiger partial charge in [-0.1, -0.05) is 47.5 Å². The third kappa shape index (κ3) is 4.02. The lowest BCUT2D eigenvalue weighted by molar-refractivity contribution is -0.140. The second-order valence-electron chi connectivity index (χ2n) is 8.41. The van der Waals surface area contributed by atoms with Crippen molar-refractivity contribution in [3.8, 4) is 11.5 Å². The molecule has 2 aromatic carbocycles. The summed E-state index contributed by atoms with van der Waals surface area (Å²) in [6.07, 6.45) is 6.46. The molecular formula is C25H22Cl2N2O4. The van der Waals surface area contributed by atoms with Crippen LogP contribution >= 0.6 is 23.2 Å². The number of rotatable bonds is 7. The van der Waals surface area contributed by atoms with Crippen LogP contribution in [0.5, 0.6) is 11.5 Å². The number of halogens is 2. The second-order valence-corrected chi connectivity index (χ2v) is 9.25. The zero-order valence-electron chi connectivity index (χ0n) is 17.9. The third-order valence-electron chi connectivity index (χ3n) is 6.40. The fraction of sp³-hybridized carbons (Fsp3) is 0.320. The van der Waals surface area contributed by atoms with Crippen LogP contribution in [0.1, 0.15) is 24.5 Å². The fourth-order valence-corrected chi connectivity index (χ4v) is 5.33. The van der Waals surface area contributed by atoms with Gasteiger partial charge in [0.15, 0.2) is 11.5 Å². The minimum atomic E-state index is -0.282. The van der Waals surface area contributed by atoms with Crippen molar-refractivity contribution in [1.29, 1.82) is 0 Å². The van der Waals surface area contributed by atoms with E-state index in [1.165, 1.54) is 6.21 Å². The Morgan fingerprint density at radius 1 is 1.03 bits per heavy atom. The summed E-state index contributed by atoms with van der Waals surface area (Å²) < 4.78 is 11.7. The Balaban J connectivity index is 1.34. The summed E-state index contributed by atoms with van der Waals surface area (Å²) in [5.41, 5.74) is 1.53. The first-order chi connectivity index (χ1) is 16.0. The van der Waals surface area contributed by atoms with Gasteiger partial charge in [0, 0.05) is 5.02 Å². The molecule has 8 heteroatoms. The number of fused-ring (bicyclic) bond motifs is 5. The molecule has 170 valence electrons. The number of hydrogen-bond acceptors (Lipinski definition) is 5. The highest BCUT2D eigenvalue weighted by Crippen LogP contribution is 2.52. The first-order valence-corrected chi connectivity index (χ1v) is 11.7. The van der Waals surface area contributed by atoms with Crippen LogP contribution in [-0.2, 0) is 16.2 Å². The van der Waals surface area contributed by atoms with Gasteiger partial charge in [0.25, 0.3) is 11.8 Å². The molecule has 2 fully saturated rings. The minimum Gasteiger partial charge on any atom is -0.490 e. The third-order valence-corrected chi connectivity index (χ3v) is 6.93. The Labute approximate surface area is 201 Å². The molecule has 6 nitrogen and oxygen atoms in total. The summed E-state index contributed by atoms with van der Waals surface area (Å²) in [4.78, 5) is 25.6. The van der Waals surface area contributed by atoms with Gasteiger partial charge in [0.2, 0.25) is 0 Å². The number of allylic oxidation sites excluding steroid dienone is 2. The topological polar surface area (TPSA) is 68.2 Å². The van der Waals surface area contributed by atoms with Crippen LogP contribution in [0.15, 0.2) is 53.7 Å². The van der Waals surface area contributed by atoms with E-state index in [1.807, 2.05) is 19.1 Å². The molecule has 1 heterocycles. The minimum absolute atomic E-state index is 0.146. The van der Waals surface area contributed by atoms with Gasteiger partial charge in [-0.15, -0.1) is 0 Å². The molecule has 0 radical (unpaired) electrons. The summed E-state index contributed by atoms with van der Waals surface area (Å²) in [7, 11) is 0. The number of benzene rings is 2. The van der Waals surface area contributed by atoms with Gasteiger partial charge in [0.05, 0.1) is 29.7 Å². The maximum atomic E-state index is 12.8. The first-order valence-electron chi connectivity index (χ1n) is 10.9. The predicted octanol–water partition coefficient (Wildman–Crippen LogP) is 5.11.